The van der Waals surface area contributed by atoms with E-state index >= 15 is 0 Å². The molecule has 0 radical (unpaired) electrons. The molecule has 2 aromatic carbocycles. The Hall–Kier alpha value is -1.32. The summed E-state index contributed by atoms with van der Waals surface area (Å²) in [6, 6.07) is 13.6. The average Bonchev–Trinajstić information content (AvgIpc) is 4.10. The minimum Gasteiger partial charge on any atom is -0.259 e. The summed E-state index contributed by atoms with van der Waals surface area (Å²) in [4.78, 5) is 17.1. The molecule has 0 aliphatic carbocycles. The molecule has 14 nitrogen and oxygen atoms in total. The largest absolute Gasteiger partial charge is 0.259 e. The fourth-order valence-electron chi connectivity index (χ4n) is 12.9. The van der Waals surface area contributed by atoms with Crippen molar-refractivity contribution in [1.29, 1.82) is 0 Å². The highest BCUT2D eigenvalue weighted by Gasteiger charge is 2.59. The Morgan fingerprint density at radius 2 is 0.597 bits per heavy atom. The molecule has 0 atom stereocenters. The first kappa shape index (κ1) is 47.2. The lowest BCUT2D eigenvalue weighted by molar-refractivity contribution is -0.211. The van der Waals surface area contributed by atoms with Crippen LogP contribution in [0.3, 0.4) is 0 Å². The van der Waals surface area contributed by atoms with E-state index < -0.39 is 15.0 Å². The highest BCUT2D eigenvalue weighted by atomic mass is 31.2. The zero-order valence-corrected chi connectivity index (χ0v) is 42.4. The summed E-state index contributed by atoms with van der Waals surface area (Å²) in [5.74, 6) is -0.702. The number of nitrogens with zero attached hydrogens (tertiary/aromatic N) is 14. The standard InChI is InChI=1S/C46H84N14P2/c1-49(2)61(50(3)4,53(9)45(55-29-11-12-30-55,56-31-13-14-32-56)57-33-15-16-34-57)47-42-27-23-25-41-26-24-28-43(44(41)42)48-62(51(5)6,52(7)8)54(10)46(58-35-17-18-36-58,59-37-19-20-38-59)60-39-21-22-40-60/h23-28H,11-22,29-40H2,1-10H3. The SMILES string of the molecule is CN(C)P(=Nc1cccc2cccc(N=P(N(C)C)(N(C)C)N(C)C(N3CCCC3)(N3CCCC3)N3CCCC3)c12)(N(C)C)N(C)C(N1CCCC1)(N1CCCC1)N1CCCC1. The van der Waals surface area contributed by atoms with Gasteiger partial charge in [-0.15, -0.1) is 0 Å². The summed E-state index contributed by atoms with van der Waals surface area (Å²) >= 11 is 0. The average molecular weight is 895 g/mol. The van der Waals surface area contributed by atoms with Gasteiger partial charge in [0, 0.05) is 83.9 Å². The van der Waals surface area contributed by atoms with Crippen molar-refractivity contribution < 1.29 is 0 Å². The molecule has 6 aliphatic heterocycles. The molecule has 6 aliphatic rings. The van der Waals surface area contributed by atoms with Gasteiger partial charge in [-0.2, -0.15) is 0 Å². The van der Waals surface area contributed by atoms with E-state index in [-0.39, 0.29) is 11.8 Å². The van der Waals surface area contributed by atoms with Gasteiger partial charge in [0.15, 0.2) is 26.8 Å². The van der Waals surface area contributed by atoms with Crippen LogP contribution in [0, 0.1) is 0 Å². The summed E-state index contributed by atoms with van der Waals surface area (Å²) < 4.78 is 28.0. The number of benzene rings is 2. The van der Waals surface area contributed by atoms with E-state index in [1.54, 1.807) is 0 Å². The van der Waals surface area contributed by atoms with Gasteiger partial charge in [0.05, 0.1) is 11.4 Å². The second-order valence-corrected chi connectivity index (χ2v) is 26.7. The smallest absolute Gasteiger partial charge is 0.197 e. The molecule has 0 unspecified atom stereocenters. The number of hydrogen-bond acceptors (Lipinski definition) is 8. The van der Waals surface area contributed by atoms with Crippen LogP contribution >= 0.6 is 15.0 Å². The van der Waals surface area contributed by atoms with Crippen LogP contribution in [-0.4, -0.2) is 218 Å². The van der Waals surface area contributed by atoms with Crippen molar-refractivity contribution in [3.63, 3.8) is 0 Å². The van der Waals surface area contributed by atoms with Crippen molar-refractivity contribution in [3.05, 3.63) is 36.4 Å². The van der Waals surface area contributed by atoms with Crippen LogP contribution in [0.1, 0.15) is 77.0 Å². The summed E-state index contributed by atoms with van der Waals surface area (Å²) in [5.41, 5.74) is 2.07. The highest BCUT2D eigenvalue weighted by Crippen LogP contribution is 2.65. The zero-order chi connectivity index (χ0) is 43.9. The molecule has 0 bridgehead atoms. The van der Waals surface area contributed by atoms with Crippen LogP contribution in [0.25, 0.3) is 10.8 Å². The van der Waals surface area contributed by atoms with E-state index in [4.69, 9.17) is 9.49 Å². The van der Waals surface area contributed by atoms with Crippen LogP contribution in [0.5, 0.6) is 0 Å². The molecule has 8 rings (SSSR count). The lowest BCUT2D eigenvalue weighted by atomic mass is 10.1. The maximum absolute atomic E-state index is 6.26. The molecule has 16 heteroatoms. The van der Waals surface area contributed by atoms with Gasteiger partial charge in [0.25, 0.3) is 0 Å². The molecular formula is C46H84N14P2. The van der Waals surface area contributed by atoms with E-state index in [0.29, 0.717) is 0 Å². The lowest BCUT2D eigenvalue weighted by Crippen LogP contribution is -2.75. The van der Waals surface area contributed by atoms with E-state index in [2.05, 4.69) is 164 Å². The Morgan fingerprint density at radius 1 is 0.371 bits per heavy atom. The third-order valence-corrected chi connectivity index (χ3v) is 22.8. The summed E-state index contributed by atoms with van der Waals surface area (Å²) in [5, 5.41) is 2.35. The van der Waals surface area contributed by atoms with E-state index in [1.807, 2.05) is 0 Å². The van der Waals surface area contributed by atoms with Crippen LogP contribution in [0.2, 0.25) is 0 Å². The first-order valence-corrected chi connectivity index (χ1v) is 27.5. The quantitative estimate of drug-likeness (QED) is 0.154. The molecule has 6 saturated heterocycles. The molecule has 62 heavy (non-hydrogen) atoms. The van der Waals surface area contributed by atoms with Gasteiger partial charge >= 0.3 is 0 Å². The Morgan fingerprint density at radius 3 is 0.806 bits per heavy atom. The number of fused-ring (bicyclic) bond motifs is 1. The molecule has 6 fully saturated rings. The highest BCUT2D eigenvalue weighted by molar-refractivity contribution is 7.59. The molecule has 0 aromatic heterocycles. The third-order valence-electron chi connectivity index (χ3n) is 15.3. The van der Waals surface area contributed by atoms with E-state index in [9.17, 15) is 0 Å². The topological polar surface area (TPSA) is 63.6 Å². The first-order valence-electron chi connectivity index (χ1n) is 24.3. The second kappa shape index (κ2) is 19.5. The van der Waals surface area contributed by atoms with Gasteiger partial charge in [-0.05, 0) is 165 Å². The van der Waals surface area contributed by atoms with Crippen LogP contribution in [-0.2, 0) is 0 Å². The van der Waals surface area contributed by atoms with Crippen molar-refractivity contribution in [2.45, 2.75) is 88.9 Å². The van der Waals surface area contributed by atoms with Gasteiger partial charge < -0.3 is 0 Å². The number of likely N-dealkylation sites (tertiary alicyclic amines) is 6. The van der Waals surface area contributed by atoms with Gasteiger partial charge in [0.2, 0.25) is 0 Å². The van der Waals surface area contributed by atoms with Crippen molar-refractivity contribution in [2.75, 3.05) is 149 Å². The summed E-state index contributed by atoms with van der Waals surface area (Å²) in [7, 11) is 17.9. The first-order chi connectivity index (χ1) is 29.9. The van der Waals surface area contributed by atoms with E-state index in [0.717, 1.165) is 95.3 Å². The van der Waals surface area contributed by atoms with Gasteiger partial charge in [-0.3, -0.25) is 48.1 Å². The fourth-order valence-corrected chi connectivity index (χ4v) is 19.9. The monoisotopic (exact) mass is 895 g/mol. The fraction of sp³-hybridized carbons (Fsp3) is 0.783. The lowest BCUT2D eigenvalue weighted by Gasteiger charge is -2.61. The molecule has 348 valence electrons. The minimum atomic E-state index is -2.62. The number of rotatable bonds is 16. The second-order valence-electron chi connectivity index (χ2n) is 19.7. The van der Waals surface area contributed by atoms with Crippen molar-refractivity contribution >= 4 is 37.2 Å². The normalized spacial score (nSPS) is 22.9. The molecule has 0 N–H and O–H groups in total. The molecule has 2 aromatic rings. The maximum atomic E-state index is 6.26. The minimum absolute atomic E-state index is 0.351. The van der Waals surface area contributed by atoms with Crippen LogP contribution in [0.15, 0.2) is 45.9 Å². The third kappa shape index (κ3) is 7.75. The van der Waals surface area contributed by atoms with Crippen molar-refractivity contribution in [3.8, 4) is 0 Å². The van der Waals surface area contributed by atoms with Crippen LogP contribution < -0.4 is 0 Å². The van der Waals surface area contributed by atoms with Crippen LogP contribution in [0.4, 0.5) is 11.4 Å². The summed E-state index contributed by atoms with van der Waals surface area (Å²) in [6.45, 7) is 13.5. The van der Waals surface area contributed by atoms with Gasteiger partial charge in [0.1, 0.15) is 0 Å². The molecule has 0 spiro atoms. The number of hydrogen-bond donors (Lipinski definition) is 0. The molecule has 6 heterocycles. The van der Waals surface area contributed by atoms with Gasteiger partial charge in [-0.25, -0.2) is 18.8 Å². The van der Waals surface area contributed by atoms with Crippen molar-refractivity contribution in [2.24, 2.45) is 9.49 Å². The molecular weight excluding hydrogens is 811 g/mol. The molecule has 0 amide bonds. The Balaban J connectivity index is 1.38. The van der Waals surface area contributed by atoms with Gasteiger partial charge in [-0.1, -0.05) is 24.3 Å². The zero-order valence-electron chi connectivity index (χ0n) is 40.6. The predicted octanol–water partition coefficient (Wildman–Crippen LogP) is 7.90. The Labute approximate surface area is 377 Å². The van der Waals surface area contributed by atoms with Crippen molar-refractivity contribution in [1.82, 2.24) is 57.4 Å². The predicted molar refractivity (Wildman–Crippen MR) is 263 cm³/mol. The Bertz CT molecular complexity index is 1680. The molecule has 0 saturated carbocycles. The maximum Gasteiger partial charge on any atom is 0.197 e. The van der Waals surface area contributed by atoms with E-state index in [1.165, 1.54) is 82.4 Å². The Kier molecular flexibility index (Phi) is 14.8. The summed E-state index contributed by atoms with van der Waals surface area (Å²) in [6.07, 6.45) is 15.0.